The van der Waals surface area contributed by atoms with Gasteiger partial charge >= 0.3 is 0 Å². The molecule has 2 N–H and O–H groups in total. The van der Waals surface area contributed by atoms with E-state index in [-0.39, 0.29) is 17.9 Å². The van der Waals surface area contributed by atoms with Crippen LogP contribution >= 0.6 is 0 Å². The maximum absolute atomic E-state index is 11.9. The molecule has 0 heterocycles. The minimum atomic E-state index is -0.383. The second kappa shape index (κ2) is 7.17. The molecule has 1 amide bonds. The van der Waals surface area contributed by atoms with E-state index in [0.717, 1.165) is 19.4 Å². The fourth-order valence-corrected chi connectivity index (χ4v) is 1.81. The van der Waals surface area contributed by atoms with Crippen molar-refractivity contribution in [2.24, 2.45) is 11.7 Å². The first kappa shape index (κ1) is 14.7. The monoisotopic (exact) mass is 248 g/mol. The number of nitrogens with zero attached hydrogens (tertiary/aromatic N) is 1. The van der Waals surface area contributed by atoms with Gasteiger partial charge in [0.1, 0.15) is 0 Å². The lowest BCUT2D eigenvalue weighted by Gasteiger charge is -2.23. The van der Waals surface area contributed by atoms with Gasteiger partial charge in [0.15, 0.2) is 0 Å². The molecular weight excluding hydrogens is 224 g/mol. The Kier molecular flexibility index (Phi) is 5.86. The first-order valence-corrected chi connectivity index (χ1v) is 6.57. The van der Waals surface area contributed by atoms with Crippen molar-refractivity contribution in [2.45, 2.75) is 32.7 Å². The van der Waals surface area contributed by atoms with Crippen molar-refractivity contribution in [3.8, 4) is 0 Å². The number of carbonyl (C=O) groups excluding carboxylic acids is 1. The zero-order chi connectivity index (χ0) is 13.5. The van der Waals surface area contributed by atoms with Crippen molar-refractivity contribution >= 4 is 5.91 Å². The number of likely N-dealkylation sites (N-methyl/N-ethyl adjacent to an activating group) is 1. The second-order valence-electron chi connectivity index (χ2n) is 5.12. The van der Waals surface area contributed by atoms with Gasteiger partial charge in [0.05, 0.1) is 6.04 Å². The van der Waals surface area contributed by atoms with Crippen LogP contribution in [-0.2, 0) is 11.2 Å². The largest absolute Gasteiger partial charge is 0.344 e. The lowest BCUT2D eigenvalue weighted by Crippen LogP contribution is -2.45. The van der Waals surface area contributed by atoms with Crippen molar-refractivity contribution < 1.29 is 4.79 Å². The second-order valence-corrected chi connectivity index (χ2v) is 5.12. The maximum atomic E-state index is 11.9. The molecule has 0 unspecified atom stereocenters. The van der Waals surface area contributed by atoms with Crippen LogP contribution < -0.4 is 5.73 Å². The van der Waals surface area contributed by atoms with Crippen molar-refractivity contribution in [3.05, 3.63) is 35.9 Å². The van der Waals surface area contributed by atoms with E-state index in [1.807, 2.05) is 39.1 Å². The fraction of sp³-hybridized carbons (Fsp3) is 0.533. The average Bonchev–Trinajstić information content (AvgIpc) is 2.38. The van der Waals surface area contributed by atoms with E-state index in [2.05, 4.69) is 12.1 Å². The first-order valence-electron chi connectivity index (χ1n) is 6.57. The molecule has 0 aromatic heterocycles. The number of amides is 1. The van der Waals surface area contributed by atoms with Crippen molar-refractivity contribution in [3.63, 3.8) is 0 Å². The van der Waals surface area contributed by atoms with Gasteiger partial charge in [-0.15, -0.1) is 0 Å². The lowest BCUT2D eigenvalue weighted by molar-refractivity contribution is -0.132. The van der Waals surface area contributed by atoms with Gasteiger partial charge in [-0.3, -0.25) is 4.79 Å². The zero-order valence-electron chi connectivity index (χ0n) is 11.6. The molecule has 1 aromatic rings. The third-order valence-corrected chi connectivity index (χ3v) is 3.18. The van der Waals surface area contributed by atoms with E-state index in [1.165, 1.54) is 5.56 Å². The standard InChI is InChI=1S/C15H24N2O/c1-12(2)14(16)15(18)17(3)11-7-10-13-8-5-4-6-9-13/h4-6,8-9,12,14H,7,10-11,16H2,1-3H3/t14-/m0/s1. The third kappa shape index (κ3) is 4.49. The smallest absolute Gasteiger partial charge is 0.239 e. The number of aryl methyl sites for hydroxylation is 1. The molecule has 0 fully saturated rings. The minimum absolute atomic E-state index is 0.0399. The quantitative estimate of drug-likeness (QED) is 0.837. The van der Waals surface area contributed by atoms with E-state index < -0.39 is 0 Å². The molecule has 1 atom stereocenters. The number of hydrogen-bond acceptors (Lipinski definition) is 2. The van der Waals surface area contributed by atoms with E-state index in [9.17, 15) is 4.79 Å². The summed E-state index contributed by atoms with van der Waals surface area (Å²) < 4.78 is 0. The third-order valence-electron chi connectivity index (χ3n) is 3.18. The summed E-state index contributed by atoms with van der Waals surface area (Å²) >= 11 is 0. The van der Waals surface area contributed by atoms with E-state index in [1.54, 1.807) is 4.90 Å². The maximum Gasteiger partial charge on any atom is 0.239 e. The van der Waals surface area contributed by atoms with Crippen LogP contribution in [0.25, 0.3) is 0 Å². The number of benzene rings is 1. The molecule has 0 radical (unpaired) electrons. The van der Waals surface area contributed by atoms with Crippen LogP contribution in [0.1, 0.15) is 25.8 Å². The highest BCUT2D eigenvalue weighted by atomic mass is 16.2. The Bertz CT molecular complexity index is 362. The number of hydrogen-bond donors (Lipinski definition) is 1. The van der Waals surface area contributed by atoms with Gasteiger partial charge in [-0.05, 0) is 24.3 Å². The van der Waals surface area contributed by atoms with Crippen molar-refractivity contribution in [1.29, 1.82) is 0 Å². The van der Waals surface area contributed by atoms with Gasteiger partial charge in [-0.25, -0.2) is 0 Å². The highest BCUT2D eigenvalue weighted by molar-refractivity contribution is 5.81. The Balaban J connectivity index is 2.33. The molecule has 0 aliphatic carbocycles. The molecule has 0 aliphatic rings. The summed E-state index contributed by atoms with van der Waals surface area (Å²) in [5.74, 6) is 0.229. The summed E-state index contributed by atoms with van der Waals surface area (Å²) in [4.78, 5) is 13.7. The van der Waals surface area contributed by atoms with Gasteiger partial charge < -0.3 is 10.6 Å². The molecule has 18 heavy (non-hydrogen) atoms. The van der Waals surface area contributed by atoms with Crippen LogP contribution in [0.15, 0.2) is 30.3 Å². The fourth-order valence-electron chi connectivity index (χ4n) is 1.81. The van der Waals surface area contributed by atoms with Crippen LogP contribution in [0.3, 0.4) is 0 Å². The van der Waals surface area contributed by atoms with E-state index in [4.69, 9.17) is 5.73 Å². The molecule has 0 aliphatic heterocycles. The Morgan fingerprint density at radius 1 is 1.28 bits per heavy atom. The Morgan fingerprint density at radius 3 is 2.44 bits per heavy atom. The summed E-state index contributed by atoms with van der Waals surface area (Å²) in [7, 11) is 1.83. The molecule has 0 spiro atoms. The average molecular weight is 248 g/mol. The van der Waals surface area contributed by atoms with E-state index in [0.29, 0.717) is 0 Å². The number of rotatable bonds is 6. The predicted molar refractivity (Wildman–Crippen MR) is 75.2 cm³/mol. The van der Waals surface area contributed by atoms with Gasteiger partial charge in [0, 0.05) is 13.6 Å². The van der Waals surface area contributed by atoms with Crippen molar-refractivity contribution in [2.75, 3.05) is 13.6 Å². The van der Waals surface area contributed by atoms with Crippen molar-refractivity contribution in [1.82, 2.24) is 4.90 Å². The normalized spacial score (nSPS) is 12.5. The molecule has 0 saturated heterocycles. The van der Waals surface area contributed by atoms with Crippen LogP contribution in [0.4, 0.5) is 0 Å². The Hall–Kier alpha value is -1.35. The van der Waals surface area contributed by atoms with Crippen LogP contribution in [0.2, 0.25) is 0 Å². The highest BCUT2D eigenvalue weighted by Crippen LogP contribution is 2.05. The summed E-state index contributed by atoms with van der Waals surface area (Å²) in [6.07, 6.45) is 1.96. The van der Waals surface area contributed by atoms with Gasteiger partial charge in [-0.2, -0.15) is 0 Å². The number of nitrogens with two attached hydrogens (primary N) is 1. The predicted octanol–water partition coefficient (Wildman–Crippen LogP) is 2.06. The van der Waals surface area contributed by atoms with Gasteiger partial charge in [-0.1, -0.05) is 44.2 Å². The summed E-state index contributed by atoms with van der Waals surface area (Å²) in [6, 6.07) is 9.94. The van der Waals surface area contributed by atoms with Crippen LogP contribution in [-0.4, -0.2) is 30.4 Å². The summed E-state index contributed by atoms with van der Waals surface area (Å²) in [5.41, 5.74) is 7.16. The summed E-state index contributed by atoms with van der Waals surface area (Å²) in [6.45, 7) is 4.70. The SMILES string of the molecule is CC(C)[C@H](N)C(=O)N(C)CCCc1ccccc1. The lowest BCUT2D eigenvalue weighted by atomic mass is 10.0. The number of carbonyl (C=O) groups is 1. The molecule has 1 rings (SSSR count). The highest BCUT2D eigenvalue weighted by Gasteiger charge is 2.20. The molecule has 0 saturated carbocycles. The van der Waals surface area contributed by atoms with Crippen LogP contribution in [0, 0.1) is 5.92 Å². The summed E-state index contributed by atoms with van der Waals surface area (Å²) in [5, 5.41) is 0. The topological polar surface area (TPSA) is 46.3 Å². The minimum Gasteiger partial charge on any atom is -0.344 e. The zero-order valence-corrected chi connectivity index (χ0v) is 11.6. The molecule has 1 aromatic carbocycles. The molecular formula is C15H24N2O. The van der Waals surface area contributed by atoms with Gasteiger partial charge in [0.2, 0.25) is 5.91 Å². The molecule has 3 nitrogen and oxygen atoms in total. The van der Waals surface area contributed by atoms with E-state index >= 15 is 0 Å². The van der Waals surface area contributed by atoms with Gasteiger partial charge in [0.25, 0.3) is 0 Å². The van der Waals surface area contributed by atoms with Crippen LogP contribution in [0.5, 0.6) is 0 Å². The molecule has 0 bridgehead atoms. The first-order chi connectivity index (χ1) is 8.52. The Morgan fingerprint density at radius 2 is 1.89 bits per heavy atom. The molecule has 3 heteroatoms. The molecule has 100 valence electrons. The Labute approximate surface area is 110 Å².